The Morgan fingerprint density at radius 2 is 1.71 bits per heavy atom. The Balaban J connectivity index is 1.42. The Bertz CT molecular complexity index is 1470. The summed E-state index contributed by atoms with van der Waals surface area (Å²) >= 11 is 0. The third-order valence-electron chi connectivity index (χ3n) is 9.39. The highest BCUT2D eigenvalue weighted by Crippen LogP contribution is 2.35. The van der Waals surface area contributed by atoms with Gasteiger partial charge in [0.2, 0.25) is 5.52 Å². The molecular weight excluding hydrogens is 514 g/mol. The van der Waals surface area contributed by atoms with E-state index in [1.54, 1.807) is 13.1 Å². The van der Waals surface area contributed by atoms with Crippen LogP contribution >= 0.6 is 0 Å². The van der Waals surface area contributed by atoms with Gasteiger partial charge < -0.3 is 14.5 Å². The predicted octanol–water partition coefficient (Wildman–Crippen LogP) is 4.89. The standard InChI is InChI=1S/C32H43N7O2/c1-8-25-21-39(30-29-27(36(7)31(40)35-30)14-15-28(33-6)34-29)26(9-2)20-38(25)22(3)23-10-12-24(13-11-23)32(4,5)37-16-18-41-19-17-37/h10-15,22,25-26H,8-9,16-21H2,1-5,7H3/t22?,25-,26+/m1/s1. The van der Waals surface area contributed by atoms with Crippen molar-refractivity contribution < 1.29 is 4.74 Å². The number of benzene rings is 1. The summed E-state index contributed by atoms with van der Waals surface area (Å²) in [5, 5.41) is 0. The lowest BCUT2D eigenvalue weighted by Gasteiger charge is -2.49. The van der Waals surface area contributed by atoms with Crippen molar-refractivity contribution in [2.24, 2.45) is 7.05 Å². The van der Waals surface area contributed by atoms with E-state index in [4.69, 9.17) is 11.3 Å². The molecule has 2 aromatic heterocycles. The fourth-order valence-corrected chi connectivity index (χ4v) is 6.55. The van der Waals surface area contributed by atoms with Crippen LogP contribution < -0.4 is 10.6 Å². The quantitative estimate of drug-likeness (QED) is 0.383. The monoisotopic (exact) mass is 557 g/mol. The number of hydrogen-bond acceptors (Lipinski definition) is 7. The van der Waals surface area contributed by atoms with Gasteiger partial charge in [-0.15, -0.1) is 4.98 Å². The van der Waals surface area contributed by atoms with Crippen molar-refractivity contribution in [3.63, 3.8) is 0 Å². The van der Waals surface area contributed by atoms with Crippen molar-refractivity contribution in [1.29, 1.82) is 0 Å². The van der Waals surface area contributed by atoms with Crippen LogP contribution in [-0.2, 0) is 17.3 Å². The molecule has 2 fully saturated rings. The van der Waals surface area contributed by atoms with E-state index in [1.165, 1.54) is 15.7 Å². The summed E-state index contributed by atoms with van der Waals surface area (Å²) in [6, 6.07) is 13.4. The van der Waals surface area contributed by atoms with Gasteiger partial charge in [-0.2, -0.15) is 4.98 Å². The smallest absolute Gasteiger partial charge is 0.350 e. The van der Waals surface area contributed by atoms with Gasteiger partial charge in [-0.05, 0) is 56.9 Å². The average molecular weight is 558 g/mol. The molecule has 0 bridgehead atoms. The van der Waals surface area contributed by atoms with Crippen molar-refractivity contribution in [1.82, 2.24) is 24.3 Å². The lowest BCUT2D eigenvalue weighted by Crippen LogP contribution is -2.59. The van der Waals surface area contributed by atoms with Crippen LogP contribution in [-0.4, -0.2) is 75.8 Å². The third kappa shape index (κ3) is 5.49. The first kappa shape index (κ1) is 29.2. The number of ether oxygens (including phenoxy) is 1. The van der Waals surface area contributed by atoms with Gasteiger partial charge in [0.15, 0.2) is 5.82 Å². The molecule has 0 aliphatic carbocycles. The maximum atomic E-state index is 12.9. The van der Waals surface area contributed by atoms with E-state index < -0.39 is 0 Å². The first-order valence-corrected chi connectivity index (χ1v) is 14.9. The molecule has 218 valence electrons. The molecule has 9 heteroatoms. The summed E-state index contributed by atoms with van der Waals surface area (Å²) in [4.78, 5) is 32.9. The lowest BCUT2D eigenvalue weighted by atomic mass is 9.89. The molecule has 2 saturated heterocycles. The van der Waals surface area contributed by atoms with E-state index in [2.05, 4.69) is 88.4 Å². The largest absolute Gasteiger partial charge is 0.379 e. The molecule has 0 amide bonds. The number of morpholine rings is 1. The van der Waals surface area contributed by atoms with Crippen LogP contribution in [0.2, 0.25) is 0 Å². The molecule has 5 rings (SSSR count). The molecule has 2 aliphatic heterocycles. The minimum Gasteiger partial charge on any atom is -0.379 e. The predicted molar refractivity (Wildman–Crippen MR) is 164 cm³/mol. The Labute approximate surface area is 243 Å². The molecule has 1 aromatic carbocycles. The summed E-state index contributed by atoms with van der Waals surface area (Å²) in [7, 11) is 1.71. The lowest BCUT2D eigenvalue weighted by molar-refractivity contribution is -0.0118. The molecule has 4 heterocycles. The number of aromatic nitrogens is 3. The number of nitrogens with zero attached hydrogens (tertiary/aromatic N) is 7. The topological polar surface area (TPSA) is 71.1 Å². The fraction of sp³-hybridized carbons (Fsp3) is 0.562. The highest BCUT2D eigenvalue weighted by Gasteiger charge is 2.37. The average Bonchev–Trinajstić information content (AvgIpc) is 3.02. The summed E-state index contributed by atoms with van der Waals surface area (Å²) in [6.07, 6.45) is 1.89. The highest BCUT2D eigenvalue weighted by molar-refractivity contribution is 5.87. The van der Waals surface area contributed by atoms with E-state index in [0.29, 0.717) is 22.7 Å². The number of hydrogen-bond donors (Lipinski definition) is 0. The second-order valence-electron chi connectivity index (χ2n) is 11.9. The van der Waals surface area contributed by atoms with Crippen molar-refractivity contribution in [3.8, 4) is 0 Å². The van der Waals surface area contributed by atoms with E-state index in [0.717, 1.165) is 52.2 Å². The Morgan fingerprint density at radius 3 is 2.34 bits per heavy atom. The second kappa shape index (κ2) is 11.9. The van der Waals surface area contributed by atoms with Gasteiger partial charge in [0.25, 0.3) is 5.82 Å². The third-order valence-corrected chi connectivity index (χ3v) is 9.39. The van der Waals surface area contributed by atoms with Crippen LogP contribution in [0, 0.1) is 6.57 Å². The SMILES string of the molecule is [C-]#[N+]c1ccc2c(n1)c(N1C[C@@H](CC)N(C(C)c3ccc(C(C)(C)N4CCOCC4)cc3)C[C@@H]1CC)nc(=O)n2C. The van der Waals surface area contributed by atoms with Crippen LogP contribution in [0.5, 0.6) is 0 Å². The molecule has 9 nitrogen and oxygen atoms in total. The zero-order valence-electron chi connectivity index (χ0n) is 25.3. The maximum Gasteiger partial charge on any atom is 0.350 e. The Hall–Kier alpha value is -3.32. The summed E-state index contributed by atoms with van der Waals surface area (Å²) in [5.41, 5.74) is 3.62. The van der Waals surface area contributed by atoms with Crippen molar-refractivity contribution in [3.05, 3.63) is 69.4 Å². The normalized spacial score (nSPS) is 21.6. The Kier molecular flexibility index (Phi) is 8.46. The molecule has 1 unspecified atom stereocenters. The van der Waals surface area contributed by atoms with Gasteiger partial charge in [-0.1, -0.05) is 44.7 Å². The summed E-state index contributed by atoms with van der Waals surface area (Å²) in [6.45, 7) is 23.9. The van der Waals surface area contributed by atoms with E-state index >= 15 is 0 Å². The molecule has 3 atom stereocenters. The number of piperazine rings is 1. The number of rotatable bonds is 7. The molecule has 0 N–H and O–H groups in total. The molecule has 3 aromatic rings. The first-order valence-electron chi connectivity index (χ1n) is 14.9. The Morgan fingerprint density at radius 1 is 1.02 bits per heavy atom. The maximum absolute atomic E-state index is 12.9. The summed E-state index contributed by atoms with van der Waals surface area (Å²) in [5.74, 6) is 0.910. The van der Waals surface area contributed by atoms with E-state index in [-0.39, 0.29) is 29.4 Å². The van der Waals surface area contributed by atoms with Crippen LogP contribution in [0.1, 0.15) is 64.6 Å². The molecule has 0 saturated carbocycles. The zero-order chi connectivity index (χ0) is 29.3. The zero-order valence-corrected chi connectivity index (χ0v) is 25.3. The molecular formula is C32H43N7O2. The van der Waals surface area contributed by atoms with Gasteiger partial charge in [0.05, 0.1) is 18.7 Å². The van der Waals surface area contributed by atoms with Crippen molar-refractivity contribution >= 4 is 22.7 Å². The fourth-order valence-electron chi connectivity index (χ4n) is 6.55. The molecule has 0 spiro atoms. The van der Waals surface area contributed by atoms with Crippen LogP contribution in [0.15, 0.2) is 41.2 Å². The van der Waals surface area contributed by atoms with Crippen LogP contribution in [0.25, 0.3) is 15.9 Å². The van der Waals surface area contributed by atoms with Gasteiger partial charge >= 0.3 is 5.69 Å². The van der Waals surface area contributed by atoms with E-state index in [9.17, 15) is 4.79 Å². The minimum absolute atomic E-state index is 0.0416. The number of pyridine rings is 1. The molecule has 41 heavy (non-hydrogen) atoms. The number of fused-ring (bicyclic) bond motifs is 1. The van der Waals surface area contributed by atoms with Crippen molar-refractivity contribution in [2.45, 2.75) is 71.1 Å². The summed E-state index contributed by atoms with van der Waals surface area (Å²) < 4.78 is 7.09. The van der Waals surface area contributed by atoms with E-state index in [1.807, 2.05) is 6.07 Å². The van der Waals surface area contributed by atoms with Crippen molar-refractivity contribution in [2.75, 3.05) is 44.3 Å². The van der Waals surface area contributed by atoms with Gasteiger partial charge in [0, 0.05) is 56.9 Å². The molecule has 0 radical (unpaired) electrons. The number of aryl methyl sites for hydroxylation is 1. The van der Waals surface area contributed by atoms with Crippen LogP contribution in [0.4, 0.5) is 11.6 Å². The van der Waals surface area contributed by atoms with Gasteiger partial charge in [-0.3, -0.25) is 14.4 Å². The first-order chi connectivity index (χ1) is 19.7. The minimum atomic E-state index is -0.302. The highest BCUT2D eigenvalue weighted by atomic mass is 16.5. The van der Waals surface area contributed by atoms with Crippen LogP contribution in [0.3, 0.4) is 0 Å². The van der Waals surface area contributed by atoms with Gasteiger partial charge in [-0.25, -0.2) is 4.79 Å². The number of anilines is 1. The van der Waals surface area contributed by atoms with Gasteiger partial charge in [0.1, 0.15) is 0 Å². The second-order valence-corrected chi connectivity index (χ2v) is 11.9. The molecule has 2 aliphatic rings.